The van der Waals surface area contributed by atoms with Gasteiger partial charge in [0.15, 0.2) is 0 Å². The first-order valence-corrected chi connectivity index (χ1v) is 10.2. The van der Waals surface area contributed by atoms with Crippen molar-refractivity contribution in [1.82, 2.24) is 0 Å². The Morgan fingerprint density at radius 1 is 1.12 bits per heavy atom. The number of benzene rings is 2. The maximum atomic E-state index is 5.99. The highest BCUT2D eigenvalue weighted by molar-refractivity contribution is 5.36. The predicted molar refractivity (Wildman–Crippen MR) is 110 cm³/mol. The topological polar surface area (TPSA) is 35.2 Å². The second-order valence-corrected chi connectivity index (χ2v) is 7.75. The molecule has 0 bridgehead atoms. The van der Waals surface area contributed by atoms with E-state index in [1.807, 2.05) is 0 Å². The van der Waals surface area contributed by atoms with Crippen LogP contribution in [-0.2, 0) is 19.3 Å². The zero-order valence-electron chi connectivity index (χ0n) is 16.3. The molecule has 2 aromatic carbocycles. The molecule has 2 heteroatoms. The van der Waals surface area contributed by atoms with Crippen molar-refractivity contribution in [2.24, 2.45) is 11.7 Å². The molecular formula is C24H33NO. The van der Waals surface area contributed by atoms with Crippen LogP contribution in [0.25, 0.3) is 0 Å². The molecule has 2 unspecified atom stereocenters. The molecule has 0 radical (unpaired) electrons. The Morgan fingerprint density at radius 2 is 1.92 bits per heavy atom. The largest absolute Gasteiger partial charge is 0.497 e. The average Bonchev–Trinajstić information content (AvgIpc) is 2.70. The average molecular weight is 352 g/mol. The van der Waals surface area contributed by atoms with Crippen LogP contribution >= 0.6 is 0 Å². The highest BCUT2D eigenvalue weighted by Crippen LogP contribution is 2.31. The standard InChI is InChI=1S/C24H33NO/c1-3-4-23(17-25)22-12-11-20-15-19(7-10-21(20)16-22)6-5-18-8-13-24(26-2)14-9-18/h8-9,11-14,16,19,23H,3-7,10,15,17,25H2,1-2H3. The Balaban J connectivity index is 1.58. The molecular weight excluding hydrogens is 318 g/mol. The minimum absolute atomic E-state index is 0.526. The molecule has 1 aliphatic carbocycles. The Kier molecular flexibility index (Phi) is 6.73. The summed E-state index contributed by atoms with van der Waals surface area (Å²) in [6, 6.07) is 15.7. The molecule has 0 aromatic heterocycles. The van der Waals surface area contributed by atoms with Crippen molar-refractivity contribution in [3.8, 4) is 5.75 Å². The predicted octanol–water partition coefficient (Wildman–Crippen LogP) is 5.28. The van der Waals surface area contributed by atoms with Crippen molar-refractivity contribution < 1.29 is 4.74 Å². The molecule has 0 saturated heterocycles. The summed E-state index contributed by atoms with van der Waals surface area (Å²) in [5.41, 5.74) is 12.0. The molecule has 2 nitrogen and oxygen atoms in total. The number of ether oxygens (including phenoxy) is 1. The fourth-order valence-electron chi connectivity index (χ4n) is 4.28. The molecule has 3 rings (SSSR count). The minimum Gasteiger partial charge on any atom is -0.497 e. The van der Waals surface area contributed by atoms with Gasteiger partial charge in [-0.3, -0.25) is 0 Å². The summed E-state index contributed by atoms with van der Waals surface area (Å²) in [6.45, 7) is 3.01. The van der Waals surface area contributed by atoms with E-state index in [0.717, 1.165) is 24.6 Å². The third-order valence-corrected chi connectivity index (χ3v) is 5.95. The van der Waals surface area contributed by atoms with Gasteiger partial charge in [0, 0.05) is 0 Å². The lowest BCUT2D eigenvalue weighted by Gasteiger charge is -2.26. The van der Waals surface area contributed by atoms with Crippen LogP contribution in [0.4, 0.5) is 0 Å². The Morgan fingerprint density at radius 3 is 2.62 bits per heavy atom. The molecule has 0 fully saturated rings. The zero-order chi connectivity index (χ0) is 18.4. The second-order valence-electron chi connectivity index (χ2n) is 7.75. The van der Waals surface area contributed by atoms with Gasteiger partial charge in [-0.1, -0.05) is 43.7 Å². The maximum absolute atomic E-state index is 5.99. The fraction of sp³-hybridized carbons (Fsp3) is 0.500. The van der Waals surface area contributed by atoms with E-state index in [4.69, 9.17) is 10.5 Å². The molecule has 0 heterocycles. The Hall–Kier alpha value is -1.80. The third-order valence-electron chi connectivity index (χ3n) is 5.95. The lowest BCUT2D eigenvalue weighted by Crippen LogP contribution is -2.17. The van der Waals surface area contributed by atoms with Crippen molar-refractivity contribution >= 4 is 0 Å². The molecule has 2 atom stereocenters. The van der Waals surface area contributed by atoms with Crippen LogP contribution in [0.15, 0.2) is 42.5 Å². The zero-order valence-corrected chi connectivity index (χ0v) is 16.3. The van der Waals surface area contributed by atoms with Gasteiger partial charge >= 0.3 is 0 Å². The summed E-state index contributed by atoms with van der Waals surface area (Å²) in [4.78, 5) is 0. The van der Waals surface area contributed by atoms with Crippen LogP contribution in [0.1, 0.15) is 60.8 Å². The molecule has 0 spiro atoms. The quantitative estimate of drug-likeness (QED) is 0.702. The Labute approximate surface area is 158 Å². The summed E-state index contributed by atoms with van der Waals surface area (Å²) in [5, 5.41) is 0. The molecule has 140 valence electrons. The first-order chi connectivity index (χ1) is 12.7. The molecule has 0 aliphatic heterocycles. The van der Waals surface area contributed by atoms with Crippen LogP contribution in [0.2, 0.25) is 0 Å². The smallest absolute Gasteiger partial charge is 0.118 e. The summed E-state index contributed by atoms with van der Waals surface area (Å²) in [6.07, 6.45) is 8.59. The number of hydrogen-bond donors (Lipinski definition) is 1. The first-order valence-electron chi connectivity index (χ1n) is 10.2. The first kappa shape index (κ1) is 19.0. The van der Waals surface area contributed by atoms with Gasteiger partial charge < -0.3 is 10.5 Å². The fourth-order valence-corrected chi connectivity index (χ4v) is 4.28. The number of fused-ring (bicyclic) bond motifs is 1. The van der Waals surface area contributed by atoms with Gasteiger partial charge in [0.25, 0.3) is 0 Å². The number of aryl methyl sites for hydroxylation is 2. The minimum atomic E-state index is 0.526. The van der Waals surface area contributed by atoms with E-state index in [0.29, 0.717) is 5.92 Å². The van der Waals surface area contributed by atoms with Gasteiger partial charge in [-0.15, -0.1) is 0 Å². The lowest BCUT2D eigenvalue weighted by atomic mass is 9.79. The van der Waals surface area contributed by atoms with E-state index in [-0.39, 0.29) is 0 Å². The summed E-state index contributed by atoms with van der Waals surface area (Å²) in [5.74, 6) is 2.27. The SMILES string of the molecule is CCCC(CN)c1ccc2c(c1)CCC(CCc1ccc(OC)cc1)C2. The van der Waals surface area contributed by atoms with E-state index >= 15 is 0 Å². The van der Waals surface area contributed by atoms with Gasteiger partial charge in [0.2, 0.25) is 0 Å². The van der Waals surface area contributed by atoms with Crippen LogP contribution in [0.3, 0.4) is 0 Å². The molecule has 0 amide bonds. The van der Waals surface area contributed by atoms with E-state index in [9.17, 15) is 0 Å². The van der Waals surface area contributed by atoms with E-state index in [1.54, 1.807) is 18.2 Å². The van der Waals surface area contributed by atoms with Gasteiger partial charge in [-0.25, -0.2) is 0 Å². The lowest BCUT2D eigenvalue weighted by molar-refractivity contribution is 0.413. The van der Waals surface area contributed by atoms with Crippen molar-refractivity contribution in [3.63, 3.8) is 0 Å². The van der Waals surface area contributed by atoms with Gasteiger partial charge in [-0.2, -0.15) is 0 Å². The number of nitrogens with two attached hydrogens (primary N) is 1. The molecule has 26 heavy (non-hydrogen) atoms. The van der Waals surface area contributed by atoms with E-state index in [1.165, 1.54) is 49.7 Å². The summed E-state index contributed by atoms with van der Waals surface area (Å²) >= 11 is 0. The van der Waals surface area contributed by atoms with E-state index < -0.39 is 0 Å². The summed E-state index contributed by atoms with van der Waals surface area (Å²) in [7, 11) is 1.72. The number of rotatable bonds is 8. The van der Waals surface area contributed by atoms with Gasteiger partial charge in [0.1, 0.15) is 5.75 Å². The van der Waals surface area contributed by atoms with Crippen LogP contribution < -0.4 is 10.5 Å². The highest BCUT2D eigenvalue weighted by Gasteiger charge is 2.20. The van der Waals surface area contributed by atoms with Gasteiger partial charge in [-0.05, 0) is 91.3 Å². The van der Waals surface area contributed by atoms with Crippen LogP contribution in [-0.4, -0.2) is 13.7 Å². The maximum Gasteiger partial charge on any atom is 0.118 e. The van der Waals surface area contributed by atoms with Crippen molar-refractivity contribution in [3.05, 3.63) is 64.7 Å². The van der Waals surface area contributed by atoms with Crippen molar-refractivity contribution in [2.45, 2.75) is 57.8 Å². The van der Waals surface area contributed by atoms with E-state index in [2.05, 4.69) is 49.4 Å². The Bertz CT molecular complexity index is 692. The highest BCUT2D eigenvalue weighted by atomic mass is 16.5. The van der Waals surface area contributed by atoms with Crippen molar-refractivity contribution in [2.75, 3.05) is 13.7 Å². The third kappa shape index (κ3) is 4.67. The molecule has 2 aromatic rings. The van der Waals surface area contributed by atoms with Crippen LogP contribution in [0.5, 0.6) is 5.75 Å². The summed E-state index contributed by atoms with van der Waals surface area (Å²) < 4.78 is 5.24. The number of hydrogen-bond acceptors (Lipinski definition) is 2. The molecule has 1 aliphatic rings. The normalized spacial score (nSPS) is 17.6. The molecule has 0 saturated carbocycles. The monoisotopic (exact) mass is 351 g/mol. The van der Waals surface area contributed by atoms with Gasteiger partial charge in [0.05, 0.1) is 7.11 Å². The number of methoxy groups -OCH3 is 1. The molecule has 2 N–H and O–H groups in total. The van der Waals surface area contributed by atoms with Crippen molar-refractivity contribution in [1.29, 1.82) is 0 Å². The van der Waals surface area contributed by atoms with Crippen LogP contribution in [0, 0.1) is 5.92 Å². The second kappa shape index (κ2) is 9.23.